The summed E-state index contributed by atoms with van der Waals surface area (Å²) < 4.78 is 7.67. The van der Waals surface area contributed by atoms with Gasteiger partial charge in [-0.15, -0.1) is 0 Å². The number of hydrogen-bond acceptors (Lipinski definition) is 3. The topological polar surface area (TPSA) is 57.2 Å². The highest BCUT2D eigenvalue weighted by atomic mass is 35.5. The lowest BCUT2D eigenvalue weighted by molar-refractivity contribution is 0.484. The zero-order chi connectivity index (χ0) is 19.0. The van der Waals surface area contributed by atoms with Gasteiger partial charge in [0.2, 0.25) is 0 Å². The van der Waals surface area contributed by atoms with Crippen LogP contribution in [0.2, 0.25) is 5.02 Å². The molecule has 0 aliphatic carbocycles. The first-order chi connectivity index (χ1) is 13.0. The van der Waals surface area contributed by atoms with Crippen molar-refractivity contribution in [2.45, 2.75) is 0 Å². The van der Waals surface area contributed by atoms with Crippen LogP contribution in [0.15, 0.2) is 77.7 Å². The number of rotatable bonds is 3. The lowest BCUT2D eigenvalue weighted by Crippen LogP contribution is -2.16. The molecule has 0 radical (unpaired) electrons. The number of aryl methyl sites for hydroxylation is 1. The van der Waals surface area contributed by atoms with Crippen molar-refractivity contribution in [3.8, 4) is 22.6 Å². The highest BCUT2D eigenvalue weighted by Crippen LogP contribution is 2.37. The van der Waals surface area contributed by atoms with Gasteiger partial charge in [-0.1, -0.05) is 29.8 Å². The molecule has 134 valence electrons. The highest BCUT2D eigenvalue weighted by Gasteiger charge is 2.14. The summed E-state index contributed by atoms with van der Waals surface area (Å²) >= 11 is 5.96. The number of nitrogens with zero attached hydrogens (tertiary/aromatic N) is 1. The minimum absolute atomic E-state index is 0.0431. The monoisotopic (exact) mass is 376 g/mol. The van der Waals surface area contributed by atoms with Gasteiger partial charge in [-0.3, -0.25) is 4.79 Å². The first-order valence-electron chi connectivity index (χ1n) is 8.44. The second kappa shape index (κ2) is 6.82. The number of fused-ring (bicyclic) bond motifs is 1. The van der Waals surface area contributed by atoms with Gasteiger partial charge in [-0.05, 0) is 53.9 Å². The molecule has 4 nitrogen and oxygen atoms in total. The fourth-order valence-corrected chi connectivity index (χ4v) is 3.23. The van der Waals surface area contributed by atoms with Crippen LogP contribution in [0.1, 0.15) is 0 Å². The molecule has 0 saturated carbocycles. The molecule has 1 aromatic heterocycles. The van der Waals surface area contributed by atoms with E-state index in [9.17, 15) is 4.79 Å². The van der Waals surface area contributed by atoms with E-state index in [1.807, 2.05) is 42.6 Å². The van der Waals surface area contributed by atoms with E-state index >= 15 is 0 Å². The van der Waals surface area contributed by atoms with Crippen molar-refractivity contribution in [1.82, 2.24) is 4.57 Å². The molecule has 4 aromatic rings. The quantitative estimate of drug-likeness (QED) is 0.498. The van der Waals surface area contributed by atoms with Crippen LogP contribution in [-0.4, -0.2) is 4.57 Å². The standard InChI is InChI=1S/C22H17ClN2O2/c1-25-13-20(17-4-2-3-5-18(17)22(25)26)19-12-15(24)8-11-21(19)27-16-9-6-14(23)7-10-16/h2-13H,24H2,1H3. The number of halogens is 1. The van der Waals surface area contributed by atoms with E-state index in [-0.39, 0.29) is 5.56 Å². The number of anilines is 1. The molecule has 2 N–H and O–H groups in total. The summed E-state index contributed by atoms with van der Waals surface area (Å²) in [4.78, 5) is 12.5. The lowest BCUT2D eigenvalue weighted by Gasteiger charge is -2.15. The first-order valence-corrected chi connectivity index (χ1v) is 8.82. The van der Waals surface area contributed by atoms with Gasteiger partial charge in [0.15, 0.2) is 0 Å². The van der Waals surface area contributed by atoms with Gasteiger partial charge in [0.1, 0.15) is 11.5 Å². The van der Waals surface area contributed by atoms with E-state index in [1.54, 1.807) is 41.9 Å². The molecule has 0 aliphatic rings. The largest absolute Gasteiger partial charge is 0.457 e. The van der Waals surface area contributed by atoms with Crippen LogP contribution in [0.5, 0.6) is 11.5 Å². The highest BCUT2D eigenvalue weighted by molar-refractivity contribution is 6.30. The smallest absolute Gasteiger partial charge is 0.258 e. The maximum absolute atomic E-state index is 12.5. The fourth-order valence-electron chi connectivity index (χ4n) is 3.11. The third kappa shape index (κ3) is 3.27. The molecule has 0 unspecified atom stereocenters. The predicted octanol–water partition coefficient (Wildman–Crippen LogP) is 5.23. The van der Waals surface area contributed by atoms with E-state index in [4.69, 9.17) is 22.1 Å². The van der Waals surface area contributed by atoms with Gasteiger partial charge in [0, 0.05) is 40.5 Å². The van der Waals surface area contributed by atoms with Gasteiger partial charge >= 0.3 is 0 Å². The molecule has 4 rings (SSSR count). The summed E-state index contributed by atoms with van der Waals surface area (Å²) in [5, 5.41) is 2.15. The average Bonchev–Trinajstić information content (AvgIpc) is 2.68. The SMILES string of the molecule is Cn1cc(-c2cc(N)ccc2Oc2ccc(Cl)cc2)c2ccccc2c1=O. The van der Waals surface area contributed by atoms with Crippen molar-refractivity contribution in [2.75, 3.05) is 5.73 Å². The van der Waals surface area contributed by atoms with Crippen molar-refractivity contribution in [3.05, 3.63) is 88.3 Å². The number of nitrogens with two attached hydrogens (primary N) is 1. The van der Waals surface area contributed by atoms with Crippen LogP contribution >= 0.6 is 11.6 Å². The number of hydrogen-bond donors (Lipinski definition) is 1. The molecule has 1 heterocycles. The van der Waals surface area contributed by atoms with E-state index < -0.39 is 0 Å². The van der Waals surface area contributed by atoms with E-state index in [2.05, 4.69) is 0 Å². The van der Waals surface area contributed by atoms with Crippen LogP contribution in [0.3, 0.4) is 0 Å². The molecule has 0 bridgehead atoms. The zero-order valence-electron chi connectivity index (χ0n) is 14.6. The first kappa shape index (κ1) is 17.2. The fraction of sp³-hybridized carbons (Fsp3) is 0.0455. The molecule has 27 heavy (non-hydrogen) atoms. The molecule has 0 amide bonds. The molecular formula is C22H17ClN2O2. The number of nitrogen functional groups attached to an aromatic ring is 1. The Morgan fingerprint density at radius 1 is 0.926 bits per heavy atom. The molecule has 0 atom stereocenters. The van der Waals surface area contributed by atoms with Crippen molar-refractivity contribution in [1.29, 1.82) is 0 Å². The van der Waals surface area contributed by atoms with Crippen LogP contribution in [0.4, 0.5) is 5.69 Å². The van der Waals surface area contributed by atoms with Crippen LogP contribution in [0.25, 0.3) is 21.9 Å². The molecule has 3 aromatic carbocycles. The normalized spacial score (nSPS) is 10.9. The van der Waals surface area contributed by atoms with Crippen molar-refractivity contribution < 1.29 is 4.74 Å². The summed E-state index contributed by atoms with van der Waals surface area (Å²) in [6.07, 6.45) is 1.81. The van der Waals surface area contributed by atoms with Crippen LogP contribution in [-0.2, 0) is 7.05 Å². The number of ether oxygens (including phenoxy) is 1. The van der Waals surface area contributed by atoms with Crippen molar-refractivity contribution >= 4 is 28.1 Å². The molecular weight excluding hydrogens is 360 g/mol. The summed E-state index contributed by atoms with van der Waals surface area (Å²) in [6.45, 7) is 0. The summed E-state index contributed by atoms with van der Waals surface area (Å²) in [5.41, 5.74) is 8.32. The summed E-state index contributed by atoms with van der Waals surface area (Å²) in [6, 6.07) is 20.2. The molecule has 0 saturated heterocycles. The number of aromatic nitrogens is 1. The Hall–Kier alpha value is -3.24. The van der Waals surface area contributed by atoms with E-state index in [1.165, 1.54) is 0 Å². The zero-order valence-corrected chi connectivity index (χ0v) is 15.4. The van der Waals surface area contributed by atoms with Gasteiger partial charge in [0.05, 0.1) is 0 Å². The Kier molecular flexibility index (Phi) is 4.34. The summed E-state index contributed by atoms with van der Waals surface area (Å²) in [7, 11) is 1.74. The third-order valence-electron chi connectivity index (χ3n) is 4.43. The van der Waals surface area contributed by atoms with Gasteiger partial charge in [-0.2, -0.15) is 0 Å². The Morgan fingerprint density at radius 3 is 2.37 bits per heavy atom. The minimum atomic E-state index is -0.0431. The minimum Gasteiger partial charge on any atom is -0.457 e. The predicted molar refractivity (Wildman–Crippen MR) is 111 cm³/mol. The second-order valence-electron chi connectivity index (χ2n) is 6.32. The van der Waals surface area contributed by atoms with Crippen molar-refractivity contribution in [3.63, 3.8) is 0 Å². The van der Waals surface area contributed by atoms with Gasteiger partial charge < -0.3 is 15.0 Å². The maximum Gasteiger partial charge on any atom is 0.258 e. The number of pyridine rings is 1. The Balaban J connectivity index is 1.93. The molecule has 5 heteroatoms. The van der Waals surface area contributed by atoms with Crippen LogP contribution in [0, 0.1) is 0 Å². The third-order valence-corrected chi connectivity index (χ3v) is 4.68. The second-order valence-corrected chi connectivity index (χ2v) is 6.75. The Labute approximate surface area is 161 Å². The van der Waals surface area contributed by atoms with E-state index in [0.717, 1.165) is 16.5 Å². The number of benzene rings is 3. The maximum atomic E-state index is 12.5. The van der Waals surface area contributed by atoms with Crippen molar-refractivity contribution in [2.24, 2.45) is 7.05 Å². The Morgan fingerprint density at radius 2 is 1.63 bits per heavy atom. The molecule has 0 fully saturated rings. The molecule has 0 aliphatic heterocycles. The average molecular weight is 377 g/mol. The van der Waals surface area contributed by atoms with Gasteiger partial charge in [-0.25, -0.2) is 0 Å². The van der Waals surface area contributed by atoms with E-state index in [0.29, 0.717) is 27.6 Å². The summed E-state index contributed by atoms with van der Waals surface area (Å²) in [5.74, 6) is 1.31. The molecule has 0 spiro atoms. The van der Waals surface area contributed by atoms with Gasteiger partial charge in [0.25, 0.3) is 5.56 Å². The Bertz CT molecular complexity index is 1200. The lowest BCUT2D eigenvalue weighted by atomic mass is 9.99. The van der Waals surface area contributed by atoms with Crippen LogP contribution < -0.4 is 16.0 Å².